The first-order valence-corrected chi connectivity index (χ1v) is 7.98. The topological polar surface area (TPSA) is 100 Å². The predicted octanol–water partition coefficient (Wildman–Crippen LogP) is 1.47. The summed E-state index contributed by atoms with van der Waals surface area (Å²) in [7, 11) is 0. The van der Waals surface area contributed by atoms with E-state index < -0.39 is 5.97 Å². The second-order valence-electron chi connectivity index (χ2n) is 5.95. The van der Waals surface area contributed by atoms with Gasteiger partial charge in [-0.05, 0) is 31.5 Å². The lowest BCUT2D eigenvalue weighted by Crippen LogP contribution is -2.55. The number of nitrogens with zero attached hydrogens (tertiary/aromatic N) is 1. The normalized spacial score (nSPS) is 21.2. The molecule has 3 N–H and O–H groups in total. The number of benzene rings is 1. The van der Waals surface area contributed by atoms with Crippen LogP contribution in [-0.4, -0.2) is 54.0 Å². The molecular formula is C16H21N3O5. The molecule has 2 amide bonds. The molecule has 1 heterocycles. The molecule has 8 heteroatoms. The van der Waals surface area contributed by atoms with Gasteiger partial charge in [0.25, 0.3) is 0 Å². The maximum absolute atomic E-state index is 12.0. The Labute approximate surface area is 139 Å². The van der Waals surface area contributed by atoms with Gasteiger partial charge in [0.1, 0.15) is 0 Å². The fraction of sp³-hybridized carbons (Fsp3) is 0.500. The minimum Gasteiger partial charge on any atom is -0.480 e. The first-order valence-electron chi connectivity index (χ1n) is 7.98. The van der Waals surface area contributed by atoms with Gasteiger partial charge < -0.3 is 25.2 Å². The summed E-state index contributed by atoms with van der Waals surface area (Å²) in [5.41, 5.74) is 0.633. The lowest BCUT2D eigenvalue weighted by Gasteiger charge is -2.42. The molecule has 130 valence electrons. The summed E-state index contributed by atoms with van der Waals surface area (Å²) >= 11 is 0. The van der Waals surface area contributed by atoms with Crippen LogP contribution >= 0.6 is 0 Å². The number of anilines is 1. The molecule has 0 bridgehead atoms. The number of aliphatic carboxylic acids is 1. The zero-order valence-electron chi connectivity index (χ0n) is 13.4. The Morgan fingerprint density at radius 3 is 2.75 bits per heavy atom. The number of carboxylic acid groups (broad SMARTS) is 1. The number of amides is 2. The predicted molar refractivity (Wildman–Crippen MR) is 86.4 cm³/mol. The molecule has 24 heavy (non-hydrogen) atoms. The number of carboxylic acids is 1. The summed E-state index contributed by atoms with van der Waals surface area (Å²) in [4.78, 5) is 24.8. The highest BCUT2D eigenvalue weighted by Crippen LogP contribution is 2.34. The van der Waals surface area contributed by atoms with Crippen LogP contribution < -0.4 is 20.1 Å². The lowest BCUT2D eigenvalue weighted by atomic mass is 9.85. The van der Waals surface area contributed by atoms with Crippen LogP contribution in [0.1, 0.15) is 19.8 Å². The molecule has 1 aromatic rings. The third-order valence-corrected chi connectivity index (χ3v) is 4.34. The van der Waals surface area contributed by atoms with Gasteiger partial charge in [-0.15, -0.1) is 0 Å². The molecule has 1 aliphatic heterocycles. The van der Waals surface area contributed by atoms with E-state index in [9.17, 15) is 9.59 Å². The van der Waals surface area contributed by atoms with Crippen molar-refractivity contribution in [2.75, 3.05) is 25.2 Å². The van der Waals surface area contributed by atoms with Crippen LogP contribution in [0.3, 0.4) is 0 Å². The molecule has 0 saturated heterocycles. The monoisotopic (exact) mass is 335 g/mol. The molecule has 1 fully saturated rings. The van der Waals surface area contributed by atoms with Gasteiger partial charge in [0, 0.05) is 23.8 Å². The van der Waals surface area contributed by atoms with Crippen molar-refractivity contribution in [2.24, 2.45) is 0 Å². The first-order chi connectivity index (χ1) is 11.5. The zero-order valence-corrected chi connectivity index (χ0v) is 13.4. The quantitative estimate of drug-likeness (QED) is 0.728. The molecular weight excluding hydrogens is 314 g/mol. The van der Waals surface area contributed by atoms with Crippen molar-refractivity contribution >= 4 is 17.7 Å². The van der Waals surface area contributed by atoms with Crippen molar-refractivity contribution in [3.05, 3.63) is 18.2 Å². The smallest absolute Gasteiger partial charge is 0.319 e. The van der Waals surface area contributed by atoms with Crippen LogP contribution in [0.4, 0.5) is 10.5 Å². The Hall–Kier alpha value is -2.48. The number of hydrogen-bond donors (Lipinski definition) is 3. The Balaban J connectivity index is 1.44. The van der Waals surface area contributed by atoms with Crippen LogP contribution in [0.5, 0.6) is 11.5 Å². The number of carbonyl (C=O) groups is 2. The second kappa shape index (κ2) is 6.96. The molecule has 1 aliphatic carbocycles. The van der Waals surface area contributed by atoms with E-state index in [-0.39, 0.29) is 31.5 Å². The second-order valence-corrected chi connectivity index (χ2v) is 5.95. The molecule has 0 radical (unpaired) electrons. The number of fused-ring (bicyclic) bond motifs is 1. The molecule has 1 aromatic carbocycles. The van der Waals surface area contributed by atoms with E-state index in [2.05, 4.69) is 10.6 Å². The van der Waals surface area contributed by atoms with Gasteiger partial charge in [-0.1, -0.05) is 6.92 Å². The number of likely N-dealkylation sites (N-methyl/N-ethyl adjacent to an activating group) is 1. The number of ether oxygens (including phenoxy) is 2. The third kappa shape index (κ3) is 3.70. The molecule has 0 aromatic heterocycles. The number of hydrogen-bond acceptors (Lipinski definition) is 5. The molecule has 3 rings (SSSR count). The van der Waals surface area contributed by atoms with Gasteiger partial charge in [0.05, 0.1) is 6.54 Å². The van der Waals surface area contributed by atoms with Gasteiger partial charge in [0.15, 0.2) is 11.5 Å². The van der Waals surface area contributed by atoms with E-state index in [1.807, 2.05) is 11.8 Å². The van der Waals surface area contributed by atoms with E-state index in [1.165, 1.54) is 0 Å². The molecule has 1 saturated carbocycles. The van der Waals surface area contributed by atoms with E-state index in [1.54, 1.807) is 18.2 Å². The third-order valence-electron chi connectivity index (χ3n) is 4.34. The number of carbonyl (C=O) groups excluding carboxylic acids is 1. The van der Waals surface area contributed by atoms with Gasteiger partial charge in [-0.25, -0.2) is 4.79 Å². The van der Waals surface area contributed by atoms with Gasteiger partial charge >= 0.3 is 12.0 Å². The standard InChI is InChI=1S/C16H21N3O5/c1-2-19(8-15(20)21)12-5-11(6-12)18-16(22)17-10-3-4-13-14(7-10)24-9-23-13/h3-4,7,11-12H,2,5-6,8-9H2,1H3,(H,20,21)(H2,17,18,22). The Kier molecular flexibility index (Phi) is 4.75. The minimum atomic E-state index is -0.825. The van der Waals surface area contributed by atoms with Crippen molar-refractivity contribution in [2.45, 2.75) is 31.8 Å². The average Bonchev–Trinajstić information content (AvgIpc) is 2.96. The summed E-state index contributed by atoms with van der Waals surface area (Å²) in [5, 5.41) is 14.6. The van der Waals surface area contributed by atoms with Crippen LogP contribution in [0, 0.1) is 0 Å². The van der Waals surface area contributed by atoms with Crippen molar-refractivity contribution in [1.82, 2.24) is 10.2 Å². The maximum Gasteiger partial charge on any atom is 0.319 e. The van der Waals surface area contributed by atoms with E-state index in [0.717, 1.165) is 12.8 Å². The SMILES string of the molecule is CCN(CC(=O)O)C1CC(NC(=O)Nc2ccc3c(c2)OCO3)C1. The van der Waals surface area contributed by atoms with Crippen LogP contribution in [0.15, 0.2) is 18.2 Å². The molecule has 0 unspecified atom stereocenters. The summed E-state index contributed by atoms with van der Waals surface area (Å²) in [6, 6.07) is 5.22. The Morgan fingerprint density at radius 1 is 1.29 bits per heavy atom. The highest BCUT2D eigenvalue weighted by Gasteiger charge is 2.34. The highest BCUT2D eigenvalue weighted by molar-refractivity contribution is 5.90. The Morgan fingerprint density at radius 2 is 2.04 bits per heavy atom. The highest BCUT2D eigenvalue weighted by atomic mass is 16.7. The summed E-state index contributed by atoms with van der Waals surface area (Å²) < 4.78 is 10.5. The van der Waals surface area contributed by atoms with Crippen LogP contribution in [0.25, 0.3) is 0 Å². The van der Waals surface area contributed by atoms with E-state index >= 15 is 0 Å². The average molecular weight is 335 g/mol. The van der Waals surface area contributed by atoms with Crippen molar-refractivity contribution in [3.63, 3.8) is 0 Å². The molecule has 2 aliphatic rings. The van der Waals surface area contributed by atoms with E-state index in [0.29, 0.717) is 23.7 Å². The van der Waals surface area contributed by atoms with Gasteiger partial charge in [-0.3, -0.25) is 9.69 Å². The van der Waals surface area contributed by atoms with Crippen molar-refractivity contribution < 1.29 is 24.2 Å². The summed E-state index contributed by atoms with van der Waals surface area (Å²) in [5.74, 6) is 0.457. The zero-order chi connectivity index (χ0) is 17.1. The minimum absolute atomic E-state index is 0.0390. The fourth-order valence-electron chi connectivity index (χ4n) is 3.00. The summed E-state index contributed by atoms with van der Waals surface area (Å²) in [6.07, 6.45) is 1.52. The fourth-order valence-corrected chi connectivity index (χ4v) is 3.00. The molecule has 0 spiro atoms. The summed E-state index contributed by atoms with van der Waals surface area (Å²) in [6.45, 7) is 2.86. The lowest BCUT2D eigenvalue weighted by molar-refractivity contribution is -0.139. The van der Waals surface area contributed by atoms with E-state index in [4.69, 9.17) is 14.6 Å². The Bertz CT molecular complexity index is 630. The van der Waals surface area contributed by atoms with Crippen molar-refractivity contribution in [1.29, 1.82) is 0 Å². The van der Waals surface area contributed by atoms with Crippen LogP contribution in [-0.2, 0) is 4.79 Å². The first kappa shape index (κ1) is 16.4. The number of nitrogens with one attached hydrogen (secondary N) is 2. The maximum atomic E-state index is 12.0. The number of urea groups is 1. The largest absolute Gasteiger partial charge is 0.480 e. The van der Waals surface area contributed by atoms with Crippen molar-refractivity contribution in [3.8, 4) is 11.5 Å². The van der Waals surface area contributed by atoms with Gasteiger partial charge in [0.2, 0.25) is 6.79 Å². The molecule has 0 atom stereocenters. The molecule has 8 nitrogen and oxygen atoms in total. The van der Waals surface area contributed by atoms with Gasteiger partial charge in [-0.2, -0.15) is 0 Å². The van der Waals surface area contributed by atoms with Crippen LogP contribution in [0.2, 0.25) is 0 Å². The number of rotatable bonds is 6.